The Bertz CT molecular complexity index is 1390. The van der Waals surface area contributed by atoms with E-state index < -0.39 is 26.8 Å². The van der Waals surface area contributed by atoms with Crippen molar-refractivity contribution in [3.8, 4) is 0 Å². The zero-order chi connectivity index (χ0) is 25.9. The highest BCUT2D eigenvalue weighted by Crippen LogP contribution is 2.36. The van der Waals surface area contributed by atoms with Crippen LogP contribution in [0.5, 0.6) is 0 Å². The largest absolute Gasteiger partial charge is 0.476 e. The highest BCUT2D eigenvalue weighted by atomic mass is 32.2. The van der Waals surface area contributed by atoms with Crippen LogP contribution in [-0.4, -0.2) is 43.7 Å². The third-order valence-electron chi connectivity index (χ3n) is 5.60. The molecule has 2 N–H and O–H groups in total. The number of pyridine rings is 2. The first-order valence-corrected chi connectivity index (χ1v) is 13.0. The Morgan fingerprint density at radius 3 is 2.64 bits per heavy atom. The molecule has 1 aliphatic heterocycles. The number of hydrogen-bond donors (Lipinski definition) is 2. The maximum absolute atomic E-state index is 13.7. The average molecular weight is 520 g/mol. The van der Waals surface area contributed by atoms with E-state index in [-0.39, 0.29) is 23.7 Å². The van der Waals surface area contributed by atoms with Gasteiger partial charge in [0.2, 0.25) is 5.90 Å². The highest BCUT2D eigenvalue weighted by Gasteiger charge is 2.34. The quantitative estimate of drug-likeness (QED) is 0.443. The van der Waals surface area contributed by atoms with Crippen molar-refractivity contribution < 1.29 is 26.3 Å². The van der Waals surface area contributed by atoms with Gasteiger partial charge in [-0.15, -0.1) is 0 Å². The number of benzene rings is 1. The van der Waals surface area contributed by atoms with Gasteiger partial charge in [0.15, 0.2) is 9.84 Å². The summed E-state index contributed by atoms with van der Waals surface area (Å²) in [7, 11) is -3.45. The Labute approximate surface area is 206 Å². The number of nitrogens with one attached hydrogen (secondary N) is 2. The summed E-state index contributed by atoms with van der Waals surface area (Å²) < 4.78 is 70.6. The van der Waals surface area contributed by atoms with Crippen molar-refractivity contribution in [3.05, 3.63) is 77.2 Å². The summed E-state index contributed by atoms with van der Waals surface area (Å²) in [5.74, 6) is 0.699. The van der Waals surface area contributed by atoms with Crippen LogP contribution in [-0.2, 0) is 27.3 Å². The second-order valence-corrected chi connectivity index (χ2v) is 10.6. The standard InChI is InChI=1S/C24H24F3N5O3S/c1-15(36(2,33)34)22-17(6-4-8-28-22)13-30-20-12-21(31-14-19(20)24(25,26)27)32-18-7-3-5-16(11-18)23-29-9-10-35-23/h3-8,11-12,14-15H,9-10,13H2,1-2H3,(H2,30,31,32). The lowest BCUT2D eigenvalue weighted by atomic mass is 10.1. The number of rotatable bonds is 8. The minimum absolute atomic E-state index is 0.0672. The van der Waals surface area contributed by atoms with Crippen molar-refractivity contribution in [2.24, 2.45) is 4.99 Å². The molecule has 1 atom stereocenters. The molecular formula is C24H24F3N5O3S. The molecule has 0 aliphatic carbocycles. The van der Waals surface area contributed by atoms with E-state index in [4.69, 9.17) is 4.74 Å². The molecule has 2 aromatic heterocycles. The molecule has 0 radical (unpaired) electrons. The van der Waals surface area contributed by atoms with Gasteiger partial charge in [0.05, 0.1) is 23.5 Å². The molecule has 36 heavy (non-hydrogen) atoms. The van der Waals surface area contributed by atoms with Crippen LogP contribution in [0.2, 0.25) is 0 Å². The Morgan fingerprint density at radius 1 is 1.14 bits per heavy atom. The Morgan fingerprint density at radius 2 is 1.94 bits per heavy atom. The molecule has 0 saturated carbocycles. The van der Waals surface area contributed by atoms with E-state index in [9.17, 15) is 21.6 Å². The second kappa shape index (κ2) is 10.1. The topological polar surface area (TPSA) is 106 Å². The van der Waals surface area contributed by atoms with E-state index in [1.165, 1.54) is 19.2 Å². The number of alkyl halides is 3. The lowest BCUT2D eigenvalue weighted by molar-refractivity contribution is -0.137. The highest BCUT2D eigenvalue weighted by molar-refractivity contribution is 7.90. The normalized spacial score (nSPS) is 14.6. The summed E-state index contributed by atoms with van der Waals surface area (Å²) in [6, 6.07) is 11.6. The van der Waals surface area contributed by atoms with Gasteiger partial charge in [-0.25, -0.2) is 18.4 Å². The molecule has 12 heteroatoms. The molecule has 8 nitrogen and oxygen atoms in total. The van der Waals surface area contributed by atoms with Gasteiger partial charge in [0.1, 0.15) is 17.7 Å². The van der Waals surface area contributed by atoms with Gasteiger partial charge in [0, 0.05) is 42.5 Å². The van der Waals surface area contributed by atoms with Crippen LogP contribution in [0.1, 0.15) is 34.6 Å². The summed E-state index contributed by atoms with van der Waals surface area (Å²) in [6.45, 7) is 2.50. The Balaban J connectivity index is 1.60. The zero-order valence-electron chi connectivity index (χ0n) is 19.5. The molecule has 190 valence electrons. The molecule has 1 aliphatic rings. The first kappa shape index (κ1) is 25.4. The number of sulfone groups is 1. The van der Waals surface area contributed by atoms with Crippen molar-refractivity contribution >= 4 is 32.9 Å². The summed E-state index contributed by atoms with van der Waals surface area (Å²) >= 11 is 0. The summed E-state index contributed by atoms with van der Waals surface area (Å²) in [6.07, 6.45) is -1.36. The minimum atomic E-state index is -4.65. The molecule has 0 fully saturated rings. The molecule has 4 rings (SSSR count). The number of anilines is 3. The molecule has 0 amide bonds. The summed E-state index contributed by atoms with van der Waals surface area (Å²) in [5.41, 5.74) is 0.938. The van der Waals surface area contributed by atoms with Gasteiger partial charge in [-0.3, -0.25) is 4.98 Å². The number of aromatic nitrogens is 2. The van der Waals surface area contributed by atoms with Crippen LogP contribution >= 0.6 is 0 Å². The molecule has 0 saturated heterocycles. The summed E-state index contributed by atoms with van der Waals surface area (Å²) in [5, 5.41) is 4.90. The SMILES string of the molecule is CC(c1ncccc1CNc1cc(Nc2cccc(C3=NCCO3)c2)ncc1C(F)(F)F)S(C)(=O)=O. The molecular weight excluding hydrogens is 495 g/mol. The molecule has 1 aromatic carbocycles. The van der Waals surface area contributed by atoms with E-state index >= 15 is 0 Å². The maximum Gasteiger partial charge on any atom is 0.419 e. The fourth-order valence-corrected chi connectivity index (χ4v) is 4.26. The van der Waals surface area contributed by atoms with Crippen LogP contribution in [0.4, 0.5) is 30.4 Å². The third-order valence-corrected chi connectivity index (χ3v) is 7.11. The fourth-order valence-electron chi connectivity index (χ4n) is 3.64. The van der Waals surface area contributed by atoms with E-state index in [0.717, 1.165) is 18.0 Å². The first-order chi connectivity index (χ1) is 17.0. The smallest absolute Gasteiger partial charge is 0.419 e. The molecule has 3 heterocycles. The second-order valence-electron chi connectivity index (χ2n) is 8.23. The Hall–Kier alpha value is -3.67. The van der Waals surface area contributed by atoms with Crippen LogP contribution in [0.3, 0.4) is 0 Å². The number of aliphatic imine (C=N–C) groups is 1. The van der Waals surface area contributed by atoms with Gasteiger partial charge in [0.25, 0.3) is 0 Å². The molecule has 3 aromatic rings. The van der Waals surface area contributed by atoms with Crippen molar-refractivity contribution in [1.82, 2.24) is 9.97 Å². The number of ether oxygens (including phenoxy) is 1. The number of nitrogens with zero attached hydrogens (tertiary/aromatic N) is 3. The Kier molecular flexibility index (Phi) is 7.16. The van der Waals surface area contributed by atoms with Crippen LogP contribution in [0.15, 0.2) is 59.9 Å². The van der Waals surface area contributed by atoms with Crippen LogP contribution < -0.4 is 10.6 Å². The average Bonchev–Trinajstić information content (AvgIpc) is 3.37. The van der Waals surface area contributed by atoms with Gasteiger partial charge in [-0.05, 0) is 36.8 Å². The number of halogens is 3. The molecule has 0 spiro atoms. The predicted octanol–water partition coefficient (Wildman–Crippen LogP) is 4.73. The van der Waals surface area contributed by atoms with Crippen LogP contribution in [0, 0.1) is 0 Å². The van der Waals surface area contributed by atoms with E-state index in [1.54, 1.807) is 30.3 Å². The lowest BCUT2D eigenvalue weighted by Crippen LogP contribution is -2.15. The lowest BCUT2D eigenvalue weighted by Gasteiger charge is -2.18. The maximum atomic E-state index is 13.7. The van der Waals surface area contributed by atoms with Crippen molar-refractivity contribution in [2.75, 3.05) is 30.0 Å². The first-order valence-electron chi connectivity index (χ1n) is 11.0. The van der Waals surface area contributed by atoms with Crippen molar-refractivity contribution in [1.29, 1.82) is 0 Å². The van der Waals surface area contributed by atoms with Gasteiger partial charge in [-0.1, -0.05) is 12.1 Å². The monoisotopic (exact) mass is 519 g/mol. The fraction of sp³-hybridized carbons (Fsp3) is 0.292. The van der Waals surface area contributed by atoms with Gasteiger partial charge >= 0.3 is 6.18 Å². The third kappa shape index (κ3) is 5.93. The zero-order valence-corrected chi connectivity index (χ0v) is 20.3. The van der Waals surface area contributed by atoms with Crippen molar-refractivity contribution in [3.63, 3.8) is 0 Å². The van der Waals surface area contributed by atoms with E-state index in [1.807, 2.05) is 6.07 Å². The van der Waals surface area contributed by atoms with E-state index in [2.05, 4.69) is 25.6 Å². The predicted molar refractivity (Wildman–Crippen MR) is 131 cm³/mol. The van der Waals surface area contributed by atoms with Crippen molar-refractivity contribution in [2.45, 2.75) is 24.9 Å². The van der Waals surface area contributed by atoms with Gasteiger partial charge < -0.3 is 15.4 Å². The molecule has 0 bridgehead atoms. The minimum Gasteiger partial charge on any atom is -0.476 e. The summed E-state index contributed by atoms with van der Waals surface area (Å²) in [4.78, 5) is 12.4. The van der Waals surface area contributed by atoms with Crippen LogP contribution in [0.25, 0.3) is 0 Å². The molecule has 1 unspecified atom stereocenters. The number of hydrogen-bond acceptors (Lipinski definition) is 8. The van der Waals surface area contributed by atoms with Gasteiger partial charge in [-0.2, -0.15) is 13.2 Å². The van der Waals surface area contributed by atoms with E-state index in [0.29, 0.717) is 30.3 Å².